The minimum absolute atomic E-state index is 0.0272. The van der Waals surface area contributed by atoms with Crippen LogP contribution in [0.4, 0.5) is 5.69 Å². The third kappa shape index (κ3) is 5.60. The standard InChI is InChI=1S/C18H17ClN2O2/c1-21(18(23)12-7-14-5-3-2-4-6-14)13-17(22)20-16-10-8-15(19)9-11-16/h2-12H,13H2,1H3,(H,20,22)/b12-7+. The van der Waals surface area contributed by atoms with Crippen molar-refractivity contribution in [3.05, 3.63) is 71.3 Å². The number of hydrogen-bond acceptors (Lipinski definition) is 2. The van der Waals surface area contributed by atoms with Crippen LogP contribution in [0.25, 0.3) is 6.08 Å². The summed E-state index contributed by atoms with van der Waals surface area (Å²) in [6.45, 7) is -0.0272. The Morgan fingerprint density at radius 3 is 2.39 bits per heavy atom. The van der Waals surface area contributed by atoms with Crippen molar-refractivity contribution in [1.29, 1.82) is 0 Å². The van der Waals surface area contributed by atoms with E-state index < -0.39 is 0 Å². The third-order valence-corrected chi connectivity index (χ3v) is 3.35. The zero-order chi connectivity index (χ0) is 16.7. The van der Waals surface area contributed by atoms with E-state index in [2.05, 4.69) is 5.32 Å². The van der Waals surface area contributed by atoms with Crippen LogP contribution >= 0.6 is 11.6 Å². The van der Waals surface area contributed by atoms with Crippen molar-refractivity contribution in [2.45, 2.75) is 0 Å². The maximum atomic E-state index is 12.0. The summed E-state index contributed by atoms with van der Waals surface area (Å²) in [5.41, 5.74) is 1.57. The molecule has 0 atom stereocenters. The molecule has 0 aliphatic heterocycles. The van der Waals surface area contributed by atoms with Gasteiger partial charge in [-0.1, -0.05) is 41.9 Å². The molecule has 5 heteroatoms. The van der Waals surface area contributed by atoms with Gasteiger partial charge in [-0.2, -0.15) is 0 Å². The molecule has 0 saturated heterocycles. The first kappa shape index (κ1) is 16.8. The molecular formula is C18H17ClN2O2. The Morgan fingerprint density at radius 2 is 1.74 bits per heavy atom. The predicted molar refractivity (Wildman–Crippen MR) is 93.2 cm³/mol. The number of carbonyl (C=O) groups is 2. The van der Waals surface area contributed by atoms with Crippen LogP contribution in [0.15, 0.2) is 60.7 Å². The highest BCUT2D eigenvalue weighted by Crippen LogP contribution is 2.13. The van der Waals surface area contributed by atoms with Gasteiger partial charge in [0.15, 0.2) is 0 Å². The topological polar surface area (TPSA) is 49.4 Å². The second-order valence-electron chi connectivity index (χ2n) is 4.99. The van der Waals surface area contributed by atoms with Gasteiger partial charge in [-0.15, -0.1) is 0 Å². The maximum Gasteiger partial charge on any atom is 0.246 e. The number of nitrogens with one attached hydrogen (secondary N) is 1. The normalized spacial score (nSPS) is 10.5. The molecule has 2 aromatic rings. The minimum atomic E-state index is -0.267. The molecule has 0 aliphatic rings. The summed E-state index contributed by atoms with van der Waals surface area (Å²) in [7, 11) is 1.58. The number of rotatable bonds is 5. The van der Waals surface area contributed by atoms with E-state index in [0.717, 1.165) is 5.56 Å². The molecular weight excluding hydrogens is 312 g/mol. The molecule has 2 amide bonds. The zero-order valence-electron chi connectivity index (χ0n) is 12.7. The van der Waals surface area contributed by atoms with E-state index in [9.17, 15) is 9.59 Å². The Balaban J connectivity index is 1.86. The quantitative estimate of drug-likeness (QED) is 0.855. The summed E-state index contributed by atoms with van der Waals surface area (Å²) in [6.07, 6.45) is 3.17. The van der Waals surface area contributed by atoms with Crippen LogP contribution in [0.3, 0.4) is 0 Å². The van der Waals surface area contributed by atoms with Gasteiger partial charge in [-0.25, -0.2) is 0 Å². The molecule has 0 fully saturated rings. The van der Waals surface area contributed by atoms with E-state index in [1.807, 2.05) is 30.3 Å². The summed E-state index contributed by atoms with van der Waals surface area (Å²) in [4.78, 5) is 25.3. The molecule has 118 valence electrons. The van der Waals surface area contributed by atoms with Crippen LogP contribution in [0.2, 0.25) is 5.02 Å². The van der Waals surface area contributed by atoms with E-state index in [4.69, 9.17) is 11.6 Å². The fraction of sp³-hybridized carbons (Fsp3) is 0.111. The molecule has 0 unspecified atom stereocenters. The van der Waals surface area contributed by atoms with Crippen LogP contribution in [0, 0.1) is 0 Å². The molecule has 1 N–H and O–H groups in total. The number of carbonyl (C=O) groups excluding carboxylic acids is 2. The molecule has 0 saturated carbocycles. The Kier molecular flexibility index (Phi) is 5.94. The van der Waals surface area contributed by atoms with Crippen molar-refractivity contribution in [3.63, 3.8) is 0 Å². The molecule has 0 aromatic heterocycles. The number of halogens is 1. The first-order chi connectivity index (χ1) is 11.0. The van der Waals surface area contributed by atoms with E-state index >= 15 is 0 Å². The zero-order valence-corrected chi connectivity index (χ0v) is 13.5. The molecule has 0 heterocycles. The largest absolute Gasteiger partial charge is 0.333 e. The van der Waals surface area contributed by atoms with Crippen LogP contribution in [0.1, 0.15) is 5.56 Å². The van der Waals surface area contributed by atoms with Gasteiger partial charge in [0.25, 0.3) is 0 Å². The molecule has 0 radical (unpaired) electrons. The Labute approximate surface area is 140 Å². The molecule has 0 aliphatic carbocycles. The third-order valence-electron chi connectivity index (χ3n) is 3.10. The van der Waals surface area contributed by atoms with Gasteiger partial charge in [0.1, 0.15) is 0 Å². The van der Waals surface area contributed by atoms with Gasteiger partial charge in [-0.3, -0.25) is 9.59 Å². The highest BCUT2D eigenvalue weighted by atomic mass is 35.5. The van der Waals surface area contributed by atoms with Crippen molar-refractivity contribution in [2.75, 3.05) is 18.9 Å². The van der Waals surface area contributed by atoms with Crippen molar-refractivity contribution in [2.24, 2.45) is 0 Å². The number of anilines is 1. The van der Waals surface area contributed by atoms with Crippen LogP contribution < -0.4 is 5.32 Å². The van der Waals surface area contributed by atoms with E-state index in [1.165, 1.54) is 11.0 Å². The lowest BCUT2D eigenvalue weighted by molar-refractivity contribution is -0.129. The van der Waals surface area contributed by atoms with Gasteiger partial charge in [0.2, 0.25) is 11.8 Å². The van der Waals surface area contributed by atoms with Crippen LogP contribution in [-0.2, 0) is 9.59 Å². The number of likely N-dealkylation sites (N-methyl/N-ethyl adjacent to an activating group) is 1. The summed E-state index contributed by atoms with van der Waals surface area (Å²) in [5, 5.41) is 3.31. The lowest BCUT2D eigenvalue weighted by atomic mass is 10.2. The number of nitrogens with zero attached hydrogens (tertiary/aromatic N) is 1. The molecule has 2 aromatic carbocycles. The lowest BCUT2D eigenvalue weighted by Crippen LogP contribution is -2.33. The second-order valence-corrected chi connectivity index (χ2v) is 5.43. The maximum absolute atomic E-state index is 12.0. The Morgan fingerprint density at radius 1 is 1.09 bits per heavy atom. The number of hydrogen-bond donors (Lipinski definition) is 1. The fourth-order valence-electron chi connectivity index (χ4n) is 1.89. The predicted octanol–water partition coefficient (Wildman–Crippen LogP) is 3.45. The monoisotopic (exact) mass is 328 g/mol. The van der Waals surface area contributed by atoms with Gasteiger partial charge in [0, 0.05) is 23.8 Å². The first-order valence-corrected chi connectivity index (χ1v) is 7.46. The number of amides is 2. The molecule has 0 spiro atoms. The highest BCUT2D eigenvalue weighted by Gasteiger charge is 2.10. The number of benzene rings is 2. The van der Waals surface area contributed by atoms with Gasteiger partial charge in [-0.05, 0) is 35.9 Å². The fourth-order valence-corrected chi connectivity index (χ4v) is 2.01. The average Bonchev–Trinajstić information content (AvgIpc) is 2.55. The Bertz CT molecular complexity index is 697. The van der Waals surface area contributed by atoms with Crippen molar-refractivity contribution in [1.82, 2.24) is 4.90 Å². The molecule has 4 nitrogen and oxygen atoms in total. The molecule has 23 heavy (non-hydrogen) atoms. The molecule has 0 bridgehead atoms. The van der Waals surface area contributed by atoms with Gasteiger partial charge >= 0.3 is 0 Å². The summed E-state index contributed by atoms with van der Waals surface area (Å²) in [5.74, 6) is -0.503. The SMILES string of the molecule is CN(CC(=O)Nc1ccc(Cl)cc1)C(=O)/C=C/c1ccccc1. The first-order valence-electron chi connectivity index (χ1n) is 7.08. The lowest BCUT2D eigenvalue weighted by Gasteiger charge is -2.14. The highest BCUT2D eigenvalue weighted by molar-refractivity contribution is 6.30. The van der Waals surface area contributed by atoms with Crippen molar-refractivity contribution >= 4 is 35.2 Å². The second kappa shape index (κ2) is 8.15. The van der Waals surface area contributed by atoms with Crippen LogP contribution in [0.5, 0.6) is 0 Å². The van der Waals surface area contributed by atoms with E-state index in [1.54, 1.807) is 37.4 Å². The van der Waals surface area contributed by atoms with Crippen molar-refractivity contribution < 1.29 is 9.59 Å². The summed E-state index contributed by atoms with van der Waals surface area (Å²) < 4.78 is 0. The summed E-state index contributed by atoms with van der Waals surface area (Å²) in [6, 6.07) is 16.3. The van der Waals surface area contributed by atoms with Crippen LogP contribution in [-0.4, -0.2) is 30.3 Å². The van der Waals surface area contributed by atoms with Gasteiger partial charge < -0.3 is 10.2 Å². The van der Waals surface area contributed by atoms with Gasteiger partial charge in [0.05, 0.1) is 6.54 Å². The smallest absolute Gasteiger partial charge is 0.246 e. The average molecular weight is 329 g/mol. The Hall–Kier alpha value is -2.59. The summed E-state index contributed by atoms with van der Waals surface area (Å²) >= 11 is 5.79. The van der Waals surface area contributed by atoms with E-state index in [-0.39, 0.29) is 18.4 Å². The van der Waals surface area contributed by atoms with E-state index in [0.29, 0.717) is 10.7 Å². The minimum Gasteiger partial charge on any atom is -0.333 e. The van der Waals surface area contributed by atoms with Crippen molar-refractivity contribution in [3.8, 4) is 0 Å². The molecule has 2 rings (SSSR count).